The number of aliphatic hydroxyl groups excluding tert-OH is 2. The van der Waals surface area contributed by atoms with E-state index in [9.17, 15) is 167 Å². The molecule has 0 aliphatic carbocycles. The molecule has 0 radical (unpaired) electrons. The van der Waals surface area contributed by atoms with Gasteiger partial charge in [0.1, 0.15) is 31.0 Å². The van der Waals surface area contributed by atoms with Gasteiger partial charge in [-0.3, -0.25) is 0 Å². The first-order chi connectivity index (χ1) is 57.9. The molecule has 28 N–H and O–H groups in total. The Bertz CT molecular complexity index is 6340. The Morgan fingerprint density at radius 2 is 0.593 bits per heavy atom. The summed E-state index contributed by atoms with van der Waals surface area (Å²) in [6, 6.07) is 1.73. The third-order valence-corrected chi connectivity index (χ3v) is 20.3. The smallest absolute Gasteiger partial charge is 0.342 e. The third-order valence-electron chi connectivity index (χ3n) is 20.3. The lowest BCUT2D eigenvalue weighted by atomic mass is 9.82. The highest BCUT2D eigenvalue weighted by Crippen LogP contribution is 2.62. The number of ether oxygens (including phenoxy) is 11. The first-order valence-corrected chi connectivity index (χ1v) is 34.3. The first kappa shape index (κ1) is 80.9. The number of aromatic hydroxyl groups is 26. The third kappa shape index (κ3) is 12.2. The highest BCUT2D eigenvalue weighted by molar-refractivity contribution is 6.14. The fraction of sp³-hybridized carbons (Fsp3) is 0.160. The second-order valence-electron chi connectivity index (χ2n) is 27.2. The van der Waals surface area contributed by atoms with Crippen molar-refractivity contribution in [2.24, 2.45) is 0 Å². The number of carbonyl (C=O) groups is 9. The van der Waals surface area contributed by atoms with Gasteiger partial charge in [-0.15, -0.1) is 0 Å². The van der Waals surface area contributed by atoms with Gasteiger partial charge in [0, 0.05) is 62.2 Å². The van der Waals surface area contributed by atoms with Crippen molar-refractivity contribution in [3.8, 4) is 205 Å². The molecule has 0 unspecified atom stereocenters. The molecule has 7 aliphatic heterocycles. The van der Waals surface area contributed by atoms with E-state index in [1.807, 2.05) is 0 Å². The van der Waals surface area contributed by atoms with E-state index in [0.717, 1.165) is 0 Å². The van der Waals surface area contributed by atoms with Crippen LogP contribution in [0.3, 0.4) is 0 Å². The molecule has 48 heteroatoms. The molecular weight excluding hydrogens is 1670 g/mol. The van der Waals surface area contributed by atoms with Gasteiger partial charge in [-0.05, 0) is 36.4 Å². The van der Waals surface area contributed by atoms with E-state index in [4.69, 9.17) is 52.1 Å². The number of aliphatic hydroxyl groups is 2. The van der Waals surface area contributed by atoms with Crippen LogP contribution in [0.5, 0.6) is 161 Å². The van der Waals surface area contributed by atoms with Crippen molar-refractivity contribution in [1.82, 2.24) is 0 Å². The van der Waals surface area contributed by atoms with Crippen LogP contribution in [0.25, 0.3) is 44.5 Å². The summed E-state index contributed by atoms with van der Waals surface area (Å²) in [6.07, 6.45) is -28.7. The lowest BCUT2D eigenvalue weighted by molar-refractivity contribution is -0.284. The molecule has 0 amide bonds. The largest absolute Gasteiger partial charge is 0.504 e. The van der Waals surface area contributed by atoms with Crippen LogP contribution >= 0.6 is 0 Å². The van der Waals surface area contributed by atoms with E-state index < -0.39 is 389 Å². The summed E-state index contributed by atoms with van der Waals surface area (Å²) >= 11 is 0. The molecule has 16 rings (SSSR count). The minimum atomic E-state index is -3.27. The highest BCUT2D eigenvalue weighted by Gasteiger charge is 2.58. The molecule has 7 aliphatic rings. The summed E-state index contributed by atoms with van der Waals surface area (Å²) in [5, 5.41) is 316. The molecule has 0 spiro atoms. The van der Waals surface area contributed by atoms with Crippen LogP contribution in [0.2, 0.25) is 0 Å². The van der Waals surface area contributed by atoms with Crippen LogP contribution in [-0.4, -0.2) is 265 Å². The summed E-state index contributed by atoms with van der Waals surface area (Å²) in [4.78, 5) is 135. The van der Waals surface area contributed by atoms with E-state index >= 15 is 19.2 Å². The van der Waals surface area contributed by atoms with Crippen molar-refractivity contribution in [3.63, 3.8) is 0 Å². The van der Waals surface area contributed by atoms with Crippen LogP contribution in [0.1, 0.15) is 105 Å². The van der Waals surface area contributed by atoms with E-state index in [2.05, 4.69) is 0 Å². The molecule has 10 atom stereocenters. The Kier molecular flexibility index (Phi) is 18.7. The molecule has 4 bridgehead atoms. The summed E-state index contributed by atoms with van der Waals surface area (Å²) in [7, 11) is 0. The van der Waals surface area contributed by atoms with Gasteiger partial charge in [0.05, 0.1) is 44.5 Å². The van der Waals surface area contributed by atoms with Crippen molar-refractivity contribution >= 4 is 53.7 Å². The number of fused-ring (bicyclic) bond motifs is 15. The molecule has 1 saturated heterocycles. The standard InChI is InChI=1S/C75H50O48/c76-19-1-11-29(47(91)39(19)83)31-13(3-21(78)41(85)49(31)93)68(105)118-60(63-62-56(100)38-37(74(111)120-62)36(54(98)57(101)55(38)99)35-16(70(107)121-63)6-24(81)44(88)52(35)96)27(9-113-66(11)103)116-73(110)18-7-25(82)45(89)58(102)59(18)115-26-8-17-34(53(97)46(26)90)30-12(2-20(77)40(84)48(30)92)67(104)114-10-28-61(119-72(17)109)64-65(75(112)117-28)123-71(108)15-5-23(80)43(87)51(95)33(15)32-14(69(106)122-64)4-22(79)42(86)50(32)94/h1-8,27-28,56,60-65,75-102,112H,9-10H2/t27-,28+,56-,60+,61+,62+,63-,64-,65+,75+/m0/s1. The maximum absolute atomic E-state index is 15.6. The lowest BCUT2D eigenvalue weighted by Crippen LogP contribution is -2.62. The molecule has 0 saturated carbocycles. The number of hydrogen-bond donors (Lipinski definition) is 28. The highest BCUT2D eigenvalue weighted by atomic mass is 16.7. The van der Waals surface area contributed by atoms with Gasteiger partial charge in [0.25, 0.3) is 0 Å². The number of benzene rings is 9. The maximum atomic E-state index is 15.6. The zero-order valence-corrected chi connectivity index (χ0v) is 60.0. The SMILES string of the molecule is O=C(O[C@H]1COC(=O)c2cc(O)c(O)c(O)c2-c2c(cc(O)c(O)c2O)C(=O)O[C@H]1[C@@H]1OC(=O)c2cc(O)c(O)c(O)c2-c2c(O)c(O)c(O)c3c2C(=O)O[C@@H]1[C@H]3O)c1cc(O)c(O)c(O)c1Oc1cc2c(c(O)c1O)-c1c(cc(O)c(O)c1O)C(=O)OC[C@H]1O[C@@H](O)[C@@H]3OC(=O)c4cc(O)c(O)c(O)c4-c4c(cc(O)c(O)c4O)C(=O)O[C@H]3[C@@H]1OC2=O. The van der Waals surface area contributed by atoms with Crippen LogP contribution in [0.15, 0.2) is 48.5 Å². The fourth-order valence-electron chi connectivity index (χ4n) is 14.5. The minimum Gasteiger partial charge on any atom is -0.504 e. The molecule has 638 valence electrons. The molecular formula is C75H50O48. The predicted molar refractivity (Wildman–Crippen MR) is 378 cm³/mol. The van der Waals surface area contributed by atoms with Crippen LogP contribution in [0.4, 0.5) is 0 Å². The number of esters is 9. The Morgan fingerprint density at radius 3 is 1.01 bits per heavy atom. The van der Waals surface area contributed by atoms with Gasteiger partial charge in [0.15, 0.2) is 153 Å². The van der Waals surface area contributed by atoms with Gasteiger partial charge in [-0.25, -0.2) is 43.2 Å². The summed E-state index contributed by atoms with van der Waals surface area (Å²) in [5.41, 5.74) is -24.3. The monoisotopic (exact) mass is 1720 g/mol. The van der Waals surface area contributed by atoms with Gasteiger partial charge in [-0.2, -0.15) is 0 Å². The Balaban J connectivity index is 0.898. The molecule has 7 heterocycles. The Morgan fingerprint density at radius 1 is 0.285 bits per heavy atom. The van der Waals surface area contributed by atoms with Gasteiger partial charge in [0.2, 0.25) is 57.5 Å². The minimum absolute atomic E-state index is 0.0400. The van der Waals surface area contributed by atoms with Crippen molar-refractivity contribution in [2.45, 2.75) is 61.2 Å². The number of phenols is 26. The van der Waals surface area contributed by atoms with Crippen LogP contribution < -0.4 is 4.74 Å². The van der Waals surface area contributed by atoms with E-state index in [1.54, 1.807) is 0 Å². The van der Waals surface area contributed by atoms with Crippen molar-refractivity contribution < 1.29 is 238 Å². The average molecular weight is 1720 g/mol. The van der Waals surface area contributed by atoms with E-state index in [0.29, 0.717) is 12.1 Å². The quantitative estimate of drug-likeness (QED) is 0.0668. The Labute approximate surface area is 673 Å². The average Bonchev–Trinajstić information content (AvgIpc) is 0.720. The zero-order chi connectivity index (χ0) is 89.4. The summed E-state index contributed by atoms with van der Waals surface area (Å²) < 4.78 is 62.0. The maximum Gasteiger partial charge on any atom is 0.342 e. The topological polar surface area (TPSA) is 822 Å². The molecule has 48 nitrogen and oxygen atoms in total. The number of phenolic OH excluding ortho intramolecular Hbond substituents is 26. The van der Waals surface area contributed by atoms with Crippen molar-refractivity contribution in [1.29, 1.82) is 0 Å². The zero-order valence-electron chi connectivity index (χ0n) is 60.0. The molecule has 9 aromatic rings. The van der Waals surface area contributed by atoms with Crippen molar-refractivity contribution in [3.05, 3.63) is 104 Å². The Hall–Kier alpha value is -17.3. The first-order valence-electron chi connectivity index (χ1n) is 34.3. The fourth-order valence-corrected chi connectivity index (χ4v) is 14.5. The normalized spacial score (nSPS) is 20.9. The summed E-state index contributed by atoms with van der Waals surface area (Å²) in [6.45, 7) is -3.35. The number of hydrogen-bond acceptors (Lipinski definition) is 48. The van der Waals surface area contributed by atoms with Gasteiger partial charge >= 0.3 is 53.7 Å². The number of carbonyl (C=O) groups excluding carboxylic acids is 9. The number of rotatable bonds is 5. The van der Waals surface area contributed by atoms with E-state index in [1.165, 1.54) is 0 Å². The predicted octanol–water partition coefficient (Wildman–Crippen LogP) is 2.40. The van der Waals surface area contributed by atoms with E-state index in [-0.39, 0.29) is 36.4 Å². The second-order valence-corrected chi connectivity index (χ2v) is 27.2. The number of cyclic esters (lactones) is 3. The molecule has 1 fully saturated rings. The molecule has 123 heavy (non-hydrogen) atoms. The van der Waals surface area contributed by atoms with Crippen LogP contribution in [-0.2, 0) is 47.4 Å². The van der Waals surface area contributed by atoms with Gasteiger partial charge < -0.3 is 195 Å². The van der Waals surface area contributed by atoms with Gasteiger partial charge in [-0.1, -0.05) is 0 Å². The van der Waals surface area contributed by atoms with Crippen molar-refractivity contribution in [2.75, 3.05) is 13.2 Å². The van der Waals surface area contributed by atoms with Crippen LogP contribution in [0, 0.1) is 0 Å². The summed E-state index contributed by atoms with van der Waals surface area (Å²) in [5.74, 6) is -64.3. The lowest BCUT2D eigenvalue weighted by Gasteiger charge is -2.43. The molecule has 0 aromatic heterocycles. The second kappa shape index (κ2) is 28.5. The molecule has 9 aromatic carbocycles.